The van der Waals surface area contributed by atoms with Crippen LogP contribution in [0.1, 0.15) is 106 Å². The average Bonchev–Trinajstić information content (AvgIpc) is 2.70. The lowest BCUT2D eigenvalue weighted by atomic mass is 9.78. The summed E-state index contributed by atoms with van der Waals surface area (Å²) in [6.07, 6.45) is 13.8. The van der Waals surface area contributed by atoms with Crippen molar-refractivity contribution in [3.8, 4) is 0 Å². The van der Waals surface area contributed by atoms with Gasteiger partial charge in [-0.15, -0.1) is 0 Å². The Morgan fingerprint density at radius 3 is 2.08 bits per heavy atom. The van der Waals surface area contributed by atoms with Gasteiger partial charge in [0.1, 0.15) is 6.10 Å². The molecule has 0 amide bonds. The molecule has 0 unspecified atom stereocenters. The van der Waals surface area contributed by atoms with Crippen molar-refractivity contribution in [3.63, 3.8) is 0 Å². The Balaban J connectivity index is 1.48. The number of hydrogen-bond acceptors (Lipinski definition) is 2. The van der Waals surface area contributed by atoms with Crippen molar-refractivity contribution >= 4 is 5.97 Å². The number of carbonyl (C=O) groups is 1. The van der Waals surface area contributed by atoms with Crippen LogP contribution in [0.2, 0.25) is 0 Å². The average molecular weight is 357 g/mol. The van der Waals surface area contributed by atoms with Crippen molar-refractivity contribution in [1.82, 2.24) is 0 Å². The zero-order valence-electron chi connectivity index (χ0n) is 16.7. The van der Waals surface area contributed by atoms with Gasteiger partial charge in [0.2, 0.25) is 0 Å². The number of hydrogen-bond donors (Lipinski definition) is 0. The number of esters is 1. The Kier molecular flexibility index (Phi) is 7.16. The third kappa shape index (κ3) is 5.11. The van der Waals surface area contributed by atoms with Gasteiger partial charge in [-0.3, -0.25) is 0 Å². The minimum Gasteiger partial charge on any atom is -0.459 e. The summed E-state index contributed by atoms with van der Waals surface area (Å²) >= 11 is 0. The molecule has 0 saturated heterocycles. The van der Waals surface area contributed by atoms with Crippen molar-refractivity contribution in [2.45, 2.75) is 96.5 Å². The molecule has 3 rings (SSSR count). The first-order valence-electron chi connectivity index (χ1n) is 11.0. The lowest BCUT2D eigenvalue weighted by molar-refractivity contribution is 0.0161. The number of benzene rings is 1. The van der Waals surface area contributed by atoms with Gasteiger partial charge in [0.05, 0.1) is 5.56 Å². The van der Waals surface area contributed by atoms with Crippen LogP contribution in [0.15, 0.2) is 24.3 Å². The van der Waals surface area contributed by atoms with Crippen molar-refractivity contribution in [3.05, 3.63) is 35.4 Å². The highest BCUT2D eigenvalue weighted by atomic mass is 16.5. The Labute approximate surface area is 159 Å². The van der Waals surface area contributed by atoms with Crippen LogP contribution in [-0.4, -0.2) is 12.1 Å². The molecule has 1 aromatic carbocycles. The molecule has 0 radical (unpaired) electrons. The SMILES string of the molecule is CCC[C@H]1CC[C@H](OC(=O)c2ccc([C@H]3CC[C@H](CC)CC3)cc2)CC1. The molecule has 2 aliphatic rings. The summed E-state index contributed by atoms with van der Waals surface area (Å²) in [4.78, 5) is 12.5. The van der Waals surface area contributed by atoms with Crippen LogP contribution in [0, 0.1) is 11.8 Å². The van der Waals surface area contributed by atoms with E-state index in [9.17, 15) is 4.79 Å². The highest BCUT2D eigenvalue weighted by Gasteiger charge is 2.24. The molecule has 2 aliphatic carbocycles. The molecule has 2 nitrogen and oxygen atoms in total. The maximum absolute atomic E-state index is 12.5. The van der Waals surface area contributed by atoms with Gasteiger partial charge in [0.25, 0.3) is 0 Å². The van der Waals surface area contributed by atoms with E-state index >= 15 is 0 Å². The molecule has 0 N–H and O–H groups in total. The third-order valence-corrected chi connectivity index (χ3v) is 6.81. The number of rotatable bonds is 6. The van der Waals surface area contributed by atoms with E-state index in [-0.39, 0.29) is 12.1 Å². The Morgan fingerprint density at radius 1 is 0.885 bits per heavy atom. The topological polar surface area (TPSA) is 26.3 Å². The maximum Gasteiger partial charge on any atom is 0.338 e. The van der Waals surface area contributed by atoms with E-state index in [1.165, 1.54) is 63.4 Å². The zero-order valence-corrected chi connectivity index (χ0v) is 16.7. The Hall–Kier alpha value is -1.31. The lowest BCUT2D eigenvalue weighted by Gasteiger charge is -2.28. The van der Waals surface area contributed by atoms with Crippen molar-refractivity contribution < 1.29 is 9.53 Å². The van der Waals surface area contributed by atoms with E-state index < -0.39 is 0 Å². The van der Waals surface area contributed by atoms with Crippen LogP contribution in [0.25, 0.3) is 0 Å². The van der Waals surface area contributed by atoms with E-state index in [1.54, 1.807) is 0 Å². The molecule has 0 heterocycles. The van der Waals surface area contributed by atoms with Crippen LogP contribution in [0.5, 0.6) is 0 Å². The number of carbonyl (C=O) groups excluding carboxylic acids is 1. The molecule has 0 bridgehead atoms. The molecule has 0 aromatic heterocycles. The standard InChI is InChI=1S/C24H36O2/c1-3-5-19-8-16-23(17-9-19)26-24(25)22-14-12-21(13-15-22)20-10-6-18(4-2)7-11-20/h12-15,18-20,23H,3-11,16-17H2,1-2H3/t18-,19-,20-,23-. The molecule has 0 aliphatic heterocycles. The zero-order chi connectivity index (χ0) is 18.4. The molecule has 0 atom stereocenters. The first-order valence-corrected chi connectivity index (χ1v) is 11.0. The van der Waals surface area contributed by atoms with Gasteiger partial charge >= 0.3 is 5.97 Å². The highest BCUT2D eigenvalue weighted by molar-refractivity contribution is 5.89. The van der Waals surface area contributed by atoms with Gasteiger partial charge in [-0.05, 0) is 86.8 Å². The Bertz CT molecular complexity index is 546. The van der Waals surface area contributed by atoms with Crippen molar-refractivity contribution in [2.75, 3.05) is 0 Å². The van der Waals surface area contributed by atoms with Gasteiger partial charge in [0, 0.05) is 0 Å². The second-order valence-electron chi connectivity index (χ2n) is 8.58. The summed E-state index contributed by atoms with van der Waals surface area (Å²) in [6, 6.07) is 8.27. The summed E-state index contributed by atoms with van der Waals surface area (Å²) in [5.74, 6) is 2.31. The van der Waals surface area contributed by atoms with Crippen molar-refractivity contribution in [2.24, 2.45) is 11.8 Å². The second kappa shape index (κ2) is 9.58. The quantitative estimate of drug-likeness (QED) is 0.519. The molecule has 2 fully saturated rings. The van der Waals surface area contributed by atoms with E-state index in [0.29, 0.717) is 11.5 Å². The van der Waals surface area contributed by atoms with Crippen LogP contribution in [0.4, 0.5) is 0 Å². The predicted molar refractivity (Wildman–Crippen MR) is 108 cm³/mol. The predicted octanol–water partition coefficient (Wildman–Crippen LogP) is 6.89. The Morgan fingerprint density at radius 2 is 1.50 bits per heavy atom. The van der Waals surface area contributed by atoms with Gasteiger partial charge < -0.3 is 4.74 Å². The van der Waals surface area contributed by atoms with Crippen LogP contribution < -0.4 is 0 Å². The fourth-order valence-electron chi connectivity index (χ4n) is 4.96. The molecule has 2 saturated carbocycles. The first kappa shape index (κ1) is 19.5. The number of ether oxygens (including phenoxy) is 1. The first-order chi connectivity index (χ1) is 12.7. The van der Waals surface area contributed by atoms with E-state index in [4.69, 9.17) is 4.74 Å². The molecule has 144 valence electrons. The third-order valence-electron chi connectivity index (χ3n) is 6.81. The van der Waals surface area contributed by atoms with Crippen LogP contribution >= 0.6 is 0 Å². The minimum absolute atomic E-state index is 0.125. The van der Waals surface area contributed by atoms with Crippen molar-refractivity contribution in [1.29, 1.82) is 0 Å². The molecular weight excluding hydrogens is 320 g/mol. The summed E-state index contributed by atoms with van der Waals surface area (Å²) in [6.45, 7) is 4.56. The fourth-order valence-corrected chi connectivity index (χ4v) is 4.96. The smallest absolute Gasteiger partial charge is 0.338 e. The maximum atomic E-state index is 12.5. The summed E-state index contributed by atoms with van der Waals surface area (Å²) in [7, 11) is 0. The highest BCUT2D eigenvalue weighted by Crippen LogP contribution is 2.37. The largest absolute Gasteiger partial charge is 0.459 e. The van der Waals surface area contributed by atoms with Gasteiger partial charge in [-0.2, -0.15) is 0 Å². The minimum atomic E-state index is -0.134. The second-order valence-corrected chi connectivity index (χ2v) is 8.58. The molecular formula is C24H36O2. The normalized spacial score (nSPS) is 29.3. The van der Waals surface area contributed by atoms with Gasteiger partial charge in [-0.1, -0.05) is 45.2 Å². The van der Waals surface area contributed by atoms with Crippen LogP contribution in [0.3, 0.4) is 0 Å². The molecule has 1 aromatic rings. The summed E-state index contributed by atoms with van der Waals surface area (Å²) in [5, 5.41) is 0. The fraction of sp³-hybridized carbons (Fsp3) is 0.708. The summed E-state index contributed by atoms with van der Waals surface area (Å²) in [5.41, 5.74) is 2.11. The van der Waals surface area contributed by atoms with E-state index in [2.05, 4.69) is 26.0 Å². The van der Waals surface area contributed by atoms with Gasteiger partial charge in [0.15, 0.2) is 0 Å². The lowest BCUT2D eigenvalue weighted by Crippen LogP contribution is -2.24. The van der Waals surface area contributed by atoms with Gasteiger partial charge in [-0.25, -0.2) is 4.79 Å². The molecule has 0 spiro atoms. The van der Waals surface area contributed by atoms with E-state index in [1.807, 2.05) is 12.1 Å². The summed E-state index contributed by atoms with van der Waals surface area (Å²) < 4.78 is 5.78. The monoisotopic (exact) mass is 356 g/mol. The molecule has 2 heteroatoms. The molecule has 26 heavy (non-hydrogen) atoms. The van der Waals surface area contributed by atoms with Crippen LogP contribution in [-0.2, 0) is 4.74 Å². The van der Waals surface area contributed by atoms with E-state index in [0.717, 1.165) is 24.7 Å².